The third-order valence-electron chi connectivity index (χ3n) is 4.51. The van der Waals surface area contributed by atoms with E-state index in [0.717, 1.165) is 0 Å². The van der Waals surface area contributed by atoms with E-state index in [1.807, 2.05) is 13.8 Å². The average molecular weight is 386 g/mol. The van der Waals surface area contributed by atoms with E-state index in [4.69, 9.17) is 9.57 Å². The Hall–Kier alpha value is -2.07. The van der Waals surface area contributed by atoms with Crippen LogP contribution in [0.1, 0.15) is 47.5 Å². The van der Waals surface area contributed by atoms with Crippen LogP contribution in [0.15, 0.2) is 0 Å². The molecule has 0 radical (unpaired) electrons. The van der Waals surface area contributed by atoms with E-state index < -0.39 is 29.7 Å². The van der Waals surface area contributed by atoms with Crippen LogP contribution in [0.3, 0.4) is 0 Å². The molecule has 154 valence electrons. The number of amides is 4. The molecule has 2 N–H and O–H groups in total. The van der Waals surface area contributed by atoms with E-state index in [2.05, 4.69) is 5.48 Å². The standard InChI is InChI=1S/C17H30N4O6/c1-11(2)19(16(24)27-17(3,4)5)8-9-26-18-14(22)13-7-6-12-10-20(13)15(23)21(12)25/h11-13,25H,6-10H2,1-5H3,(H,18,22)/t12-,13?/m1/s1. The lowest BCUT2D eigenvalue weighted by Gasteiger charge is -2.30. The lowest BCUT2D eigenvalue weighted by atomic mass is 10.0. The molecule has 10 heteroatoms. The highest BCUT2D eigenvalue weighted by atomic mass is 16.7. The molecule has 0 aromatic heterocycles. The monoisotopic (exact) mass is 386 g/mol. The zero-order valence-electron chi connectivity index (χ0n) is 16.6. The maximum absolute atomic E-state index is 12.3. The van der Waals surface area contributed by atoms with Crippen molar-refractivity contribution in [3.8, 4) is 0 Å². The number of hydrogen-bond donors (Lipinski definition) is 2. The van der Waals surface area contributed by atoms with Gasteiger partial charge in [0.05, 0.1) is 19.2 Å². The number of hydroxylamine groups is 3. The number of urea groups is 1. The Morgan fingerprint density at radius 1 is 1.33 bits per heavy atom. The summed E-state index contributed by atoms with van der Waals surface area (Å²) in [7, 11) is 0. The normalized spacial score (nSPS) is 22.3. The minimum Gasteiger partial charge on any atom is -0.444 e. The predicted octanol–water partition coefficient (Wildman–Crippen LogP) is 1.34. The highest BCUT2D eigenvalue weighted by molar-refractivity contribution is 5.87. The van der Waals surface area contributed by atoms with Crippen LogP contribution in [0.25, 0.3) is 0 Å². The molecule has 0 spiro atoms. The number of ether oxygens (including phenoxy) is 1. The fourth-order valence-electron chi connectivity index (χ4n) is 3.14. The Bertz CT molecular complexity index is 576. The van der Waals surface area contributed by atoms with Crippen molar-refractivity contribution in [1.82, 2.24) is 20.3 Å². The molecule has 0 aromatic carbocycles. The highest BCUT2D eigenvalue weighted by Crippen LogP contribution is 2.28. The SMILES string of the molecule is CC(C)N(CCONC(=O)C1CC[C@@H]2CN1C(=O)N2O)C(=O)OC(C)(C)C. The molecule has 2 heterocycles. The molecule has 2 rings (SSSR count). The van der Waals surface area contributed by atoms with Gasteiger partial charge < -0.3 is 14.5 Å². The summed E-state index contributed by atoms with van der Waals surface area (Å²) in [5.74, 6) is -0.439. The van der Waals surface area contributed by atoms with Crippen LogP contribution in [-0.4, -0.2) is 81.5 Å². The third-order valence-corrected chi connectivity index (χ3v) is 4.51. The first kappa shape index (κ1) is 21.2. The van der Waals surface area contributed by atoms with Crippen LogP contribution in [0.5, 0.6) is 0 Å². The quantitative estimate of drug-likeness (QED) is 0.405. The van der Waals surface area contributed by atoms with E-state index in [0.29, 0.717) is 24.4 Å². The zero-order chi connectivity index (χ0) is 20.4. The molecule has 27 heavy (non-hydrogen) atoms. The van der Waals surface area contributed by atoms with Crippen LogP contribution in [0, 0.1) is 0 Å². The van der Waals surface area contributed by atoms with Gasteiger partial charge in [-0.3, -0.25) is 14.8 Å². The number of fused-ring (bicyclic) bond motifs is 2. The fourth-order valence-corrected chi connectivity index (χ4v) is 3.14. The topological polar surface area (TPSA) is 112 Å². The Morgan fingerprint density at radius 2 is 2.00 bits per heavy atom. The molecule has 10 nitrogen and oxygen atoms in total. The maximum atomic E-state index is 12.3. The molecule has 2 atom stereocenters. The number of piperidine rings is 1. The second-order valence-electron chi connectivity index (χ2n) is 8.11. The first-order valence-electron chi connectivity index (χ1n) is 9.21. The smallest absolute Gasteiger partial charge is 0.410 e. The van der Waals surface area contributed by atoms with E-state index in [1.165, 1.54) is 9.80 Å². The van der Waals surface area contributed by atoms with Gasteiger partial charge in [0.2, 0.25) is 0 Å². The Labute approximate surface area is 159 Å². The van der Waals surface area contributed by atoms with E-state index >= 15 is 0 Å². The summed E-state index contributed by atoms with van der Waals surface area (Å²) in [5, 5.41) is 10.3. The minimum absolute atomic E-state index is 0.0819. The largest absolute Gasteiger partial charge is 0.444 e. The van der Waals surface area contributed by atoms with Crippen molar-refractivity contribution in [3.05, 3.63) is 0 Å². The Kier molecular flexibility index (Phi) is 6.53. The highest BCUT2D eigenvalue weighted by Gasteiger charge is 2.46. The summed E-state index contributed by atoms with van der Waals surface area (Å²) < 4.78 is 5.36. The van der Waals surface area contributed by atoms with E-state index in [9.17, 15) is 19.6 Å². The number of nitrogens with one attached hydrogen (secondary N) is 1. The molecule has 0 saturated carbocycles. The van der Waals surface area contributed by atoms with Crippen molar-refractivity contribution < 1.29 is 29.2 Å². The number of hydrogen-bond acceptors (Lipinski definition) is 6. The summed E-state index contributed by atoms with van der Waals surface area (Å²) in [6.45, 7) is 9.76. The van der Waals surface area contributed by atoms with Gasteiger partial charge in [-0.25, -0.2) is 20.1 Å². The lowest BCUT2D eigenvalue weighted by Crippen LogP contribution is -2.50. The minimum atomic E-state index is -0.669. The number of rotatable bonds is 6. The van der Waals surface area contributed by atoms with Crippen LogP contribution >= 0.6 is 0 Å². The third kappa shape index (κ3) is 5.23. The van der Waals surface area contributed by atoms with Crippen LogP contribution in [0.4, 0.5) is 9.59 Å². The lowest BCUT2D eigenvalue weighted by molar-refractivity contribution is -0.139. The Morgan fingerprint density at radius 3 is 2.59 bits per heavy atom. The number of carbonyl (C=O) groups excluding carboxylic acids is 3. The predicted molar refractivity (Wildman–Crippen MR) is 94.7 cm³/mol. The van der Waals surface area contributed by atoms with Gasteiger partial charge in [0.15, 0.2) is 0 Å². The molecular weight excluding hydrogens is 356 g/mol. The van der Waals surface area contributed by atoms with Crippen molar-refractivity contribution in [2.75, 3.05) is 19.7 Å². The van der Waals surface area contributed by atoms with Crippen molar-refractivity contribution in [3.63, 3.8) is 0 Å². The van der Waals surface area contributed by atoms with Crippen LogP contribution < -0.4 is 5.48 Å². The van der Waals surface area contributed by atoms with Crippen molar-refractivity contribution in [2.45, 2.75) is 71.2 Å². The number of carbonyl (C=O) groups is 3. The second kappa shape index (κ2) is 8.30. The van der Waals surface area contributed by atoms with Crippen LogP contribution in [0.2, 0.25) is 0 Å². The fraction of sp³-hybridized carbons (Fsp3) is 0.824. The molecule has 2 saturated heterocycles. The van der Waals surface area contributed by atoms with Crippen molar-refractivity contribution in [2.24, 2.45) is 0 Å². The summed E-state index contributed by atoms with van der Waals surface area (Å²) >= 11 is 0. The number of nitrogens with zero attached hydrogens (tertiary/aromatic N) is 3. The summed E-state index contributed by atoms with van der Waals surface area (Å²) in [6, 6.07) is -1.57. The van der Waals surface area contributed by atoms with Gasteiger partial charge in [0.1, 0.15) is 11.6 Å². The second-order valence-corrected chi connectivity index (χ2v) is 8.11. The van der Waals surface area contributed by atoms with Gasteiger partial charge >= 0.3 is 12.1 Å². The molecule has 2 aliphatic heterocycles. The molecular formula is C17H30N4O6. The molecule has 2 aliphatic rings. The maximum Gasteiger partial charge on any atom is 0.410 e. The first-order chi connectivity index (χ1) is 12.5. The molecule has 2 fully saturated rings. The molecule has 0 aromatic rings. The summed E-state index contributed by atoms with van der Waals surface area (Å²) in [6.07, 6.45) is 0.561. The van der Waals surface area contributed by atoms with Crippen LogP contribution in [-0.2, 0) is 14.4 Å². The van der Waals surface area contributed by atoms with E-state index in [1.54, 1.807) is 20.8 Å². The van der Waals surface area contributed by atoms with E-state index in [-0.39, 0.29) is 25.2 Å². The molecule has 4 amide bonds. The zero-order valence-corrected chi connectivity index (χ0v) is 16.6. The average Bonchev–Trinajstić information content (AvgIpc) is 2.77. The molecule has 1 unspecified atom stereocenters. The van der Waals surface area contributed by atoms with Gasteiger partial charge in [-0.2, -0.15) is 0 Å². The van der Waals surface area contributed by atoms with Gasteiger partial charge in [-0.1, -0.05) is 0 Å². The van der Waals surface area contributed by atoms with Gasteiger partial charge in [0.25, 0.3) is 5.91 Å². The summed E-state index contributed by atoms with van der Waals surface area (Å²) in [4.78, 5) is 44.5. The van der Waals surface area contributed by atoms with Gasteiger partial charge in [-0.05, 0) is 47.5 Å². The first-order valence-corrected chi connectivity index (χ1v) is 9.21. The summed E-state index contributed by atoms with van der Waals surface area (Å²) in [5.41, 5.74) is 1.74. The molecule has 0 aliphatic carbocycles. The van der Waals surface area contributed by atoms with Crippen molar-refractivity contribution in [1.29, 1.82) is 0 Å². The van der Waals surface area contributed by atoms with Gasteiger partial charge in [-0.15, -0.1) is 0 Å². The van der Waals surface area contributed by atoms with Crippen molar-refractivity contribution >= 4 is 18.0 Å². The van der Waals surface area contributed by atoms with Gasteiger partial charge in [0, 0.05) is 12.6 Å². The Balaban J connectivity index is 1.79. The molecule has 2 bridgehead atoms.